The Morgan fingerprint density at radius 1 is 0.408 bits per heavy atom. The molecule has 0 fully saturated rings. The quantitative estimate of drug-likeness (QED) is 0.174. The summed E-state index contributed by atoms with van der Waals surface area (Å²) in [5.41, 5.74) is 16.3. The molecular weight excluding hydrogens is 792 g/mol. The number of fused-ring (bicyclic) bond motifs is 8. The van der Waals surface area contributed by atoms with Crippen molar-refractivity contribution in [1.29, 1.82) is 0 Å². The van der Waals surface area contributed by atoms with Gasteiger partial charge in [0.25, 0.3) is 0 Å². The third-order valence-corrected chi connectivity index (χ3v) is 8.89. The van der Waals surface area contributed by atoms with Crippen LogP contribution < -0.4 is 0 Å². The van der Waals surface area contributed by atoms with Gasteiger partial charge in [-0.3, -0.25) is 0 Å². The van der Waals surface area contributed by atoms with Crippen molar-refractivity contribution >= 4 is 73.2 Å². The molecule has 7 aromatic rings. The molecule has 5 heterocycles. The standard InChI is InChI=1S/C44H30N4.Pb.2H/c1-5-13-29(14-6-1)38-27-37-26-35-22-21-33(45-35)25-34-23-24-36(46-34)28-39-40(30-15-7-2-8-16-30)41(31-17-9-3-10-18-31)44(48-39)42(43(38)47-37)32-19-11-4-12-20-32;;;/h1-28,45,48H;;;. The molecule has 4 aromatic carbocycles. The fourth-order valence-electron chi connectivity index (χ4n) is 6.78. The van der Waals surface area contributed by atoms with Crippen LogP contribution in [0.25, 0.3) is 79.2 Å². The molecule has 4 nitrogen and oxygen atoms in total. The summed E-state index contributed by atoms with van der Waals surface area (Å²) in [5.74, 6) is 0. The van der Waals surface area contributed by atoms with Gasteiger partial charge in [-0.1, -0.05) is 121 Å². The second-order valence-corrected chi connectivity index (χ2v) is 12.0. The molecule has 0 amide bonds. The van der Waals surface area contributed by atoms with Crippen LogP contribution in [0, 0.1) is 0 Å². The molecule has 2 aliphatic rings. The summed E-state index contributed by atoms with van der Waals surface area (Å²) < 4.78 is 0. The van der Waals surface area contributed by atoms with Crippen molar-refractivity contribution in [1.82, 2.24) is 19.9 Å². The summed E-state index contributed by atoms with van der Waals surface area (Å²) >= 11 is 0. The molecule has 0 atom stereocenters. The molecule has 2 radical (unpaired) electrons. The van der Waals surface area contributed by atoms with Crippen molar-refractivity contribution in [3.8, 4) is 33.4 Å². The zero-order valence-corrected chi connectivity index (χ0v) is 32.3. The molecule has 2 N–H and O–H groups in total. The zero-order chi connectivity index (χ0) is 31.9. The van der Waals surface area contributed by atoms with E-state index in [1.807, 2.05) is 0 Å². The molecule has 2 aliphatic heterocycles. The van der Waals surface area contributed by atoms with Gasteiger partial charge in [-0.15, -0.1) is 0 Å². The summed E-state index contributed by atoms with van der Waals surface area (Å²) in [6.07, 6.45) is 6.35. The van der Waals surface area contributed by atoms with E-state index in [0.29, 0.717) is 0 Å². The minimum absolute atomic E-state index is 0. The Hall–Kier alpha value is -5.60. The Balaban J connectivity index is 0.00000348. The minimum atomic E-state index is 0. The first kappa shape index (κ1) is 30.7. The van der Waals surface area contributed by atoms with Crippen molar-refractivity contribution in [3.63, 3.8) is 0 Å². The summed E-state index contributed by atoms with van der Waals surface area (Å²) in [6, 6.07) is 53.0. The van der Waals surface area contributed by atoms with Crippen LogP contribution in [0.1, 0.15) is 28.3 Å². The van der Waals surface area contributed by atoms with Crippen molar-refractivity contribution in [2.45, 2.75) is 0 Å². The number of hydrogen-bond acceptors (Lipinski definition) is 2. The number of H-pyrrole nitrogens is 2. The van der Waals surface area contributed by atoms with Gasteiger partial charge in [0, 0.05) is 38.8 Å². The number of rotatable bonds is 4. The molecule has 5 heteroatoms. The van der Waals surface area contributed by atoms with Crippen LogP contribution in [0.15, 0.2) is 152 Å². The SMILES string of the molecule is C1=Cc2cc3[nH]c(c(-c4ccccc4)c4nc(cc5ccc(cc1n2)[nH]5)C=C4c1ccccc1)c(-c1ccccc1)c3-c1ccccc1.[PbH2]. The van der Waals surface area contributed by atoms with Crippen LogP contribution in [0.4, 0.5) is 0 Å². The van der Waals surface area contributed by atoms with Gasteiger partial charge in [-0.25, -0.2) is 9.97 Å². The van der Waals surface area contributed by atoms with Crippen LogP contribution in [0.2, 0.25) is 0 Å². The average Bonchev–Trinajstić information content (AvgIpc) is 3.94. The number of nitrogens with zero attached hydrogens (tertiary/aromatic N) is 2. The first-order valence-corrected chi connectivity index (χ1v) is 16.2. The van der Waals surface area contributed by atoms with Gasteiger partial charge in [0.05, 0.1) is 28.3 Å². The van der Waals surface area contributed by atoms with E-state index in [9.17, 15) is 0 Å². The van der Waals surface area contributed by atoms with Crippen LogP contribution in [0.3, 0.4) is 0 Å². The van der Waals surface area contributed by atoms with E-state index in [4.69, 9.17) is 9.97 Å². The molecule has 3 aromatic heterocycles. The molecule has 0 spiro atoms. The number of benzene rings is 4. The van der Waals surface area contributed by atoms with Crippen molar-refractivity contribution in [3.05, 3.63) is 180 Å². The molecule has 49 heavy (non-hydrogen) atoms. The van der Waals surface area contributed by atoms with Gasteiger partial charge in [0.2, 0.25) is 0 Å². The van der Waals surface area contributed by atoms with Crippen molar-refractivity contribution in [2.75, 3.05) is 0 Å². The van der Waals surface area contributed by atoms with Gasteiger partial charge >= 0.3 is 27.3 Å². The van der Waals surface area contributed by atoms with Crippen LogP contribution in [-0.4, -0.2) is 47.2 Å². The van der Waals surface area contributed by atoms with Crippen LogP contribution in [-0.2, 0) is 0 Å². The first-order chi connectivity index (χ1) is 23.8. The maximum absolute atomic E-state index is 5.42. The van der Waals surface area contributed by atoms with Gasteiger partial charge in [0.1, 0.15) is 0 Å². The van der Waals surface area contributed by atoms with Gasteiger partial charge in [0.15, 0.2) is 0 Å². The number of aromatic amines is 2. The van der Waals surface area contributed by atoms with E-state index >= 15 is 0 Å². The Bertz CT molecular complexity index is 2530. The third-order valence-electron chi connectivity index (χ3n) is 8.89. The van der Waals surface area contributed by atoms with E-state index in [-0.39, 0.29) is 27.3 Å². The average molecular weight is 824 g/mol. The normalized spacial score (nSPS) is 12.0. The molecule has 232 valence electrons. The molecule has 0 saturated heterocycles. The number of hydrogen-bond donors (Lipinski definition) is 2. The van der Waals surface area contributed by atoms with Gasteiger partial charge < -0.3 is 9.97 Å². The van der Waals surface area contributed by atoms with Gasteiger partial charge in [-0.2, -0.15) is 0 Å². The topological polar surface area (TPSA) is 57.4 Å². The van der Waals surface area contributed by atoms with E-state index in [0.717, 1.165) is 89.4 Å². The number of aromatic nitrogens is 4. The van der Waals surface area contributed by atoms with E-state index < -0.39 is 0 Å². The zero-order valence-electron chi connectivity index (χ0n) is 26.8. The second kappa shape index (κ2) is 13.1. The van der Waals surface area contributed by atoms with Crippen molar-refractivity contribution < 1.29 is 0 Å². The van der Waals surface area contributed by atoms with Crippen LogP contribution >= 0.6 is 0 Å². The third kappa shape index (κ3) is 5.89. The predicted molar refractivity (Wildman–Crippen MR) is 208 cm³/mol. The Morgan fingerprint density at radius 3 is 1.49 bits per heavy atom. The molecule has 0 aliphatic carbocycles. The second-order valence-electron chi connectivity index (χ2n) is 12.0. The van der Waals surface area contributed by atoms with Crippen molar-refractivity contribution in [2.24, 2.45) is 0 Å². The molecular formula is C44H32N4Pb. The molecule has 8 bridgehead atoms. The molecule has 9 rings (SSSR count). The summed E-state index contributed by atoms with van der Waals surface area (Å²) in [7, 11) is 0. The monoisotopic (exact) mass is 824 g/mol. The summed E-state index contributed by atoms with van der Waals surface area (Å²) in [5, 5.41) is 0. The van der Waals surface area contributed by atoms with E-state index in [1.54, 1.807) is 0 Å². The summed E-state index contributed by atoms with van der Waals surface area (Å²) in [4.78, 5) is 17.9. The Kier molecular flexibility index (Phi) is 8.23. The molecule has 0 unspecified atom stereocenters. The fraction of sp³-hybridized carbons (Fsp3) is 0. The summed E-state index contributed by atoms with van der Waals surface area (Å²) in [6.45, 7) is 0. The Labute approximate surface area is 304 Å². The number of nitrogens with one attached hydrogen (secondary N) is 2. The van der Waals surface area contributed by atoms with Gasteiger partial charge in [-0.05, 0) is 70.8 Å². The maximum atomic E-state index is 5.42. The van der Waals surface area contributed by atoms with Crippen LogP contribution in [0.5, 0.6) is 0 Å². The van der Waals surface area contributed by atoms with E-state index in [2.05, 4.69) is 180 Å². The fourth-order valence-corrected chi connectivity index (χ4v) is 6.78. The predicted octanol–water partition coefficient (Wildman–Crippen LogP) is 10.2. The first-order valence-electron chi connectivity index (χ1n) is 16.2. The Morgan fingerprint density at radius 2 is 0.898 bits per heavy atom. The molecule has 0 saturated carbocycles. The van der Waals surface area contributed by atoms with E-state index in [1.165, 1.54) is 0 Å².